The van der Waals surface area contributed by atoms with Gasteiger partial charge in [-0.3, -0.25) is 4.98 Å². The molecule has 1 heterocycles. The maximum absolute atomic E-state index is 5.65. The van der Waals surface area contributed by atoms with Crippen molar-refractivity contribution in [2.24, 2.45) is 5.73 Å². The minimum Gasteiger partial charge on any atom is -0.326 e. The van der Waals surface area contributed by atoms with Gasteiger partial charge in [-0.15, -0.1) is 0 Å². The van der Waals surface area contributed by atoms with E-state index in [9.17, 15) is 0 Å². The van der Waals surface area contributed by atoms with Crippen LogP contribution in [-0.2, 0) is 6.54 Å². The lowest BCUT2D eigenvalue weighted by Gasteiger charge is -2.09. The molecule has 0 saturated heterocycles. The lowest BCUT2D eigenvalue weighted by Crippen LogP contribution is -1.97. The van der Waals surface area contributed by atoms with Crippen molar-refractivity contribution in [1.29, 1.82) is 0 Å². The van der Waals surface area contributed by atoms with Gasteiger partial charge in [-0.2, -0.15) is 0 Å². The summed E-state index contributed by atoms with van der Waals surface area (Å²) in [7, 11) is 0. The highest BCUT2D eigenvalue weighted by Gasteiger charge is 2.04. The summed E-state index contributed by atoms with van der Waals surface area (Å²) in [4.78, 5) is 4.41. The van der Waals surface area contributed by atoms with Crippen molar-refractivity contribution in [3.63, 3.8) is 0 Å². The van der Waals surface area contributed by atoms with Gasteiger partial charge in [0.05, 0.1) is 5.69 Å². The summed E-state index contributed by atoms with van der Waals surface area (Å²) in [5.74, 6) is 0. The molecule has 0 aliphatic rings. The number of hydrogen-bond donors (Lipinski definition) is 1. The first kappa shape index (κ1) is 11.8. The molecule has 0 fully saturated rings. The van der Waals surface area contributed by atoms with E-state index in [4.69, 9.17) is 5.73 Å². The van der Waals surface area contributed by atoms with Crippen molar-refractivity contribution >= 4 is 0 Å². The molecule has 0 atom stereocenters. The minimum atomic E-state index is 0.555. The van der Waals surface area contributed by atoms with E-state index >= 15 is 0 Å². The lowest BCUT2D eigenvalue weighted by atomic mass is 9.98. The predicted octanol–water partition coefficient (Wildman–Crippen LogP) is 3.13. The topological polar surface area (TPSA) is 38.9 Å². The van der Waals surface area contributed by atoms with E-state index in [1.54, 1.807) is 0 Å². The zero-order chi connectivity index (χ0) is 12.4. The second-order valence-corrected chi connectivity index (χ2v) is 4.49. The highest BCUT2D eigenvalue weighted by molar-refractivity contribution is 5.63. The van der Waals surface area contributed by atoms with Gasteiger partial charge in [0.25, 0.3) is 0 Å². The van der Waals surface area contributed by atoms with E-state index in [1.165, 1.54) is 22.3 Å². The second-order valence-electron chi connectivity index (χ2n) is 4.49. The second kappa shape index (κ2) is 4.68. The normalized spacial score (nSPS) is 10.6. The summed E-state index contributed by atoms with van der Waals surface area (Å²) in [5.41, 5.74) is 12.9. The molecular weight excluding hydrogens is 208 g/mol. The van der Waals surface area contributed by atoms with Crippen LogP contribution in [0.15, 0.2) is 30.5 Å². The summed E-state index contributed by atoms with van der Waals surface area (Å²) >= 11 is 0. The van der Waals surface area contributed by atoms with Crippen molar-refractivity contribution in [1.82, 2.24) is 4.98 Å². The molecule has 0 aliphatic heterocycles. The Hall–Kier alpha value is -1.67. The van der Waals surface area contributed by atoms with Crippen LogP contribution in [0.4, 0.5) is 0 Å². The van der Waals surface area contributed by atoms with Crippen molar-refractivity contribution in [3.05, 3.63) is 52.7 Å². The van der Waals surface area contributed by atoms with Crippen molar-refractivity contribution in [2.45, 2.75) is 27.3 Å². The maximum atomic E-state index is 5.65. The third kappa shape index (κ3) is 2.37. The Morgan fingerprint density at radius 1 is 1.06 bits per heavy atom. The van der Waals surface area contributed by atoms with Crippen molar-refractivity contribution in [3.8, 4) is 11.3 Å². The molecule has 0 bridgehead atoms. The lowest BCUT2D eigenvalue weighted by molar-refractivity contribution is 1.06. The Morgan fingerprint density at radius 2 is 1.71 bits per heavy atom. The molecule has 2 nitrogen and oxygen atoms in total. The van der Waals surface area contributed by atoms with E-state index in [0.29, 0.717) is 6.54 Å². The molecule has 88 valence electrons. The number of aryl methyl sites for hydroxylation is 2. The fraction of sp³-hybridized carbons (Fsp3) is 0.267. The molecular formula is C15H18N2. The van der Waals surface area contributed by atoms with Gasteiger partial charge in [0.2, 0.25) is 0 Å². The van der Waals surface area contributed by atoms with Crippen molar-refractivity contribution < 1.29 is 0 Å². The molecule has 2 heteroatoms. The number of benzene rings is 1. The third-order valence-electron chi connectivity index (χ3n) is 3.28. The fourth-order valence-electron chi connectivity index (χ4n) is 1.94. The van der Waals surface area contributed by atoms with Gasteiger partial charge in [0.1, 0.15) is 0 Å². The Kier molecular flexibility index (Phi) is 3.25. The van der Waals surface area contributed by atoms with Crippen LogP contribution in [0.2, 0.25) is 0 Å². The van der Waals surface area contributed by atoms with Gasteiger partial charge >= 0.3 is 0 Å². The van der Waals surface area contributed by atoms with E-state index < -0.39 is 0 Å². The van der Waals surface area contributed by atoms with Crippen molar-refractivity contribution in [2.75, 3.05) is 0 Å². The van der Waals surface area contributed by atoms with Gasteiger partial charge in [0.15, 0.2) is 0 Å². The summed E-state index contributed by atoms with van der Waals surface area (Å²) in [6.45, 7) is 6.98. The molecule has 2 N–H and O–H groups in total. The van der Waals surface area contributed by atoms with Crippen LogP contribution in [0, 0.1) is 20.8 Å². The molecule has 2 aromatic rings. The van der Waals surface area contributed by atoms with Crippen LogP contribution in [0.5, 0.6) is 0 Å². The Labute approximate surface area is 103 Å². The molecule has 1 aromatic carbocycles. The van der Waals surface area contributed by atoms with Gasteiger partial charge in [-0.25, -0.2) is 0 Å². The number of pyridine rings is 1. The number of nitrogens with two attached hydrogens (primary N) is 1. The summed E-state index contributed by atoms with van der Waals surface area (Å²) < 4.78 is 0. The van der Waals surface area contributed by atoms with Gasteiger partial charge in [-0.05, 0) is 67.3 Å². The zero-order valence-electron chi connectivity index (χ0n) is 10.6. The Bertz CT molecular complexity index is 521. The Morgan fingerprint density at radius 3 is 2.29 bits per heavy atom. The van der Waals surface area contributed by atoms with Gasteiger partial charge in [0, 0.05) is 18.3 Å². The average molecular weight is 226 g/mol. The quantitative estimate of drug-likeness (QED) is 0.854. The predicted molar refractivity (Wildman–Crippen MR) is 71.8 cm³/mol. The summed E-state index contributed by atoms with van der Waals surface area (Å²) in [5, 5.41) is 0. The first-order valence-corrected chi connectivity index (χ1v) is 5.85. The number of rotatable bonds is 2. The molecule has 0 aliphatic carbocycles. The molecule has 0 amide bonds. The zero-order valence-corrected chi connectivity index (χ0v) is 10.6. The third-order valence-corrected chi connectivity index (χ3v) is 3.28. The Balaban J connectivity index is 2.52. The van der Waals surface area contributed by atoms with Crippen LogP contribution in [0.25, 0.3) is 11.3 Å². The molecule has 17 heavy (non-hydrogen) atoms. The minimum absolute atomic E-state index is 0.555. The maximum Gasteiger partial charge on any atom is 0.0705 e. The molecule has 0 radical (unpaired) electrons. The van der Waals surface area contributed by atoms with Crippen LogP contribution >= 0.6 is 0 Å². The van der Waals surface area contributed by atoms with Gasteiger partial charge in [-0.1, -0.05) is 0 Å². The standard InChI is InChI=1S/C15H18N2/c1-10-6-14(7-11(2)12(10)3)15-8-13(9-16)4-5-17-15/h4-8H,9,16H2,1-3H3. The summed E-state index contributed by atoms with van der Waals surface area (Å²) in [6.07, 6.45) is 1.82. The fourth-order valence-corrected chi connectivity index (χ4v) is 1.94. The van der Waals surface area contributed by atoms with E-state index in [2.05, 4.69) is 44.0 Å². The number of aromatic nitrogens is 1. The van der Waals surface area contributed by atoms with Crippen LogP contribution in [0.3, 0.4) is 0 Å². The highest BCUT2D eigenvalue weighted by Crippen LogP contribution is 2.23. The first-order valence-electron chi connectivity index (χ1n) is 5.85. The van der Waals surface area contributed by atoms with E-state index in [0.717, 1.165) is 11.3 Å². The highest BCUT2D eigenvalue weighted by atomic mass is 14.7. The van der Waals surface area contributed by atoms with Gasteiger partial charge < -0.3 is 5.73 Å². The SMILES string of the molecule is Cc1cc(-c2cc(CN)ccn2)cc(C)c1C. The average Bonchev–Trinajstić information content (AvgIpc) is 2.35. The number of nitrogens with zero attached hydrogens (tertiary/aromatic N) is 1. The summed E-state index contributed by atoms with van der Waals surface area (Å²) in [6, 6.07) is 8.39. The van der Waals surface area contributed by atoms with Crippen LogP contribution in [0.1, 0.15) is 22.3 Å². The molecule has 0 unspecified atom stereocenters. The molecule has 0 spiro atoms. The molecule has 0 saturated carbocycles. The monoisotopic (exact) mass is 226 g/mol. The largest absolute Gasteiger partial charge is 0.326 e. The van der Waals surface area contributed by atoms with E-state index in [-0.39, 0.29) is 0 Å². The molecule has 1 aromatic heterocycles. The van der Waals surface area contributed by atoms with E-state index in [1.807, 2.05) is 12.3 Å². The smallest absolute Gasteiger partial charge is 0.0705 e. The first-order chi connectivity index (χ1) is 8.11. The molecule has 2 rings (SSSR count). The van der Waals surface area contributed by atoms with Crippen LogP contribution < -0.4 is 5.73 Å². The van der Waals surface area contributed by atoms with Crippen LogP contribution in [-0.4, -0.2) is 4.98 Å². The number of hydrogen-bond acceptors (Lipinski definition) is 2.